The third kappa shape index (κ3) is 3.82. The highest BCUT2D eigenvalue weighted by Crippen LogP contribution is 2.29. The standard InChI is InChI=1S/C16H14N3O3S/c1-2-21-10-22-11-6-7-12-14(9-11)23-16(18-12)19-15(20)13-5-3-4-8-17-13/h3,5-9H,2,10H2,1H3,(H,18,19,20). The lowest BCUT2D eigenvalue weighted by Gasteiger charge is -2.04. The molecule has 1 amide bonds. The Morgan fingerprint density at radius 1 is 1.39 bits per heavy atom. The van der Waals surface area contributed by atoms with Gasteiger partial charge in [0.05, 0.1) is 10.2 Å². The molecular formula is C16H14N3O3S. The maximum absolute atomic E-state index is 12.1. The second kappa shape index (κ2) is 7.17. The summed E-state index contributed by atoms with van der Waals surface area (Å²) in [4.78, 5) is 20.4. The molecule has 1 aromatic carbocycles. The van der Waals surface area contributed by atoms with Crippen molar-refractivity contribution < 1.29 is 14.3 Å². The molecule has 6 nitrogen and oxygen atoms in total. The average Bonchev–Trinajstić information content (AvgIpc) is 2.97. The highest BCUT2D eigenvalue weighted by molar-refractivity contribution is 7.22. The van der Waals surface area contributed by atoms with Crippen LogP contribution >= 0.6 is 11.3 Å². The molecule has 0 unspecified atom stereocenters. The first-order chi connectivity index (χ1) is 11.3. The molecule has 2 heterocycles. The molecule has 0 saturated carbocycles. The maximum Gasteiger partial charge on any atom is 0.276 e. The van der Waals surface area contributed by atoms with Gasteiger partial charge in [-0.1, -0.05) is 17.4 Å². The summed E-state index contributed by atoms with van der Waals surface area (Å²) >= 11 is 1.37. The number of anilines is 1. The molecule has 0 fully saturated rings. The largest absolute Gasteiger partial charge is 0.468 e. The van der Waals surface area contributed by atoms with Gasteiger partial charge in [-0.15, -0.1) is 0 Å². The third-order valence-corrected chi connectivity index (χ3v) is 3.88. The number of amides is 1. The monoisotopic (exact) mass is 328 g/mol. The van der Waals surface area contributed by atoms with Gasteiger partial charge >= 0.3 is 0 Å². The number of rotatable bonds is 6. The minimum absolute atomic E-state index is 0.209. The van der Waals surface area contributed by atoms with Crippen molar-refractivity contribution >= 4 is 32.6 Å². The van der Waals surface area contributed by atoms with Gasteiger partial charge in [-0.25, -0.2) is 4.98 Å². The van der Waals surface area contributed by atoms with Crippen molar-refractivity contribution in [2.24, 2.45) is 0 Å². The van der Waals surface area contributed by atoms with Crippen LogP contribution in [0.5, 0.6) is 5.75 Å². The van der Waals surface area contributed by atoms with Crippen LogP contribution in [-0.4, -0.2) is 29.3 Å². The fourth-order valence-electron chi connectivity index (χ4n) is 1.86. The van der Waals surface area contributed by atoms with Gasteiger partial charge in [0.25, 0.3) is 5.91 Å². The third-order valence-electron chi connectivity index (χ3n) is 2.94. The van der Waals surface area contributed by atoms with E-state index in [4.69, 9.17) is 9.47 Å². The van der Waals surface area contributed by atoms with Crippen LogP contribution in [0.15, 0.2) is 36.5 Å². The number of ether oxygens (including phenoxy) is 2. The first-order valence-electron chi connectivity index (χ1n) is 7.01. The Morgan fingerprint density at radius 3 is 3.09 bits per heavy atom. The van der Waals surface area contributed by atoms with E-state index in [1.807, 2.05) is 25.1 Å². The predicted octanol–water partition coefficient (Wildman–Crippen LogP) is 3.12. The number of pyridine rings is 1. The van der Waals surface area contributed by atoms with E-state index in [-0.39, 0.29) is 12.7 Å². The number of hydrogen-bond donors (Lipinski definition) is 1. The molecule has 0 bridgehead atoms. The van der Waals surface area contributed by atoms with Crippen molar-refractivity contribution in [1.29, 1.82) is 0 Å². The van der Waals surface area contributed by atoms with Crippen LogP contribution in [0.2, 0.25) is 0 Å². The molecule has 0 saturated heterocycles. The van der Waals surface area contributed by atoms with Crippen molar-refractivity contribution in [3.8, 4) is 5.75 Å². The zero-order valence-electron chi connectivity index (χ0n) is 12.4. The van der Waals surface area contributed by atoms with Crippen LogP contribution in [0, 0.1) is 6.07 Å². The zero-order valence-corrected chi connectivity index (χ0v) is 13.2. The van der Waals surface area contributed by atoms with Crippen LogP contribution in [-0.2, 0) is 4.74 Å². The summed E-state index contributed by atoms with van der Waals surface area (Å²) in [6, 6.07) is 11.6. The van der Waals surface area contributed by atoms with Crippen LogP contribution < -0.4 is 10.1 Å². The quantitative estimate of drug-likeness (QED) is 0.556. The number of hydrogen-bond acceptors (Lipinski definition) is 6. The molecule has 7 heteroatoms. The van der Waals surface area contributed by atoms with E-state index in [1.165, 1.54) is 17.5 Å². The number of fused-ring (bicyclic) bond motifs is 1. The lowest BCUT2D eigenvalue weighted by molar-refractivity contribution is 0.0225. The Kier molecular flexibility index (Phi) is 4.80. The molecule has 0 spiro atoms. The van der Waals surface area contributed by atoms with E-state index in [0.717, 1.165) is 10.2 Å². The normalized spacial score (nSPS) is 10.7. The number of carbonyl (C=O) groups excluding carboxylic acids is 1. The lowest BCUT2D eigenvalue weighted by atomic mass is 10.3. The fourth-order valence-corrected chi connectivity index (χ4v) is 2.75. The summed E-state index contributed by atoms with van der Waals surface area (Å²) in [7, 11) is 0. The highest BCUT2D eigenvalue weighted by Gasteiger charge is 2.11. The zero-order chi connectivity index (χ0) is 16.1. The number of nitrogens with one attached hydrogen (secondary N) is 1. The number of nitrogens with zero attached hydrogens (tertiary/aromatic N) is 2. The maximum atomic E-state index is 12.1. The van der Waals surface area contributed by atoms with Gasteiger partial charge in [-0.2, -0.15) is 0 Å². The minimum atomic E-state index is -0.300. The van der Waals surface area contributed by atoms with Crippen molar-refractivity contribution in [3.63, 3.8) is 0 Å². The molecule has 117 valence electrons. The number of thiazole rings is 1. The summed E-state index contributed by atoms with van der Waals surface area (Å²) < 4.78 is 11.5. The summed E-state index contributed by atoms with van der Waals surface area (Å²) in [6.45, 7) is 2.72. The van der Waals surface area contributed by atoms with E-state index < -0.39 is 0 Å². The van der Waals surface area contributed by atoms with Crippen molar-refractivity contribution in [2.45, 2.75) is 6.92 Å². The first kappa shape index (κ1) is 15.4. The summed E-state index contributed by atoms with van der Waals surface area (Å²) in [5.41, 5.74) is 1.12. The molecule has 0 aliphatic heterocycles. The van der Waals surface area contributed by atoms with Crippen LogP contribution in [0.4, 0.5) is 5.13 Å². The predicted molar refractivity (Wildman–Crippen MR) is 87.8 cm³/mol. The Morgan fingerprint density at radius 2 is 2.30 bits per heavy atom. The van der Waals surface area contributed by atoms with Crippen molar-refractivity contribution in [3.05, 3.63) is 48.3 Å². The molecule has 3 rings (SSSR count). The van der Waals surface area contributed by atoms with E-state index in [2.05, 4.69) is 21.4 Å². The summed E-state index contributed by atoms with van der Waals surface area (Å²) in [6.07, 6.45) is 1.45. The number of carbonyl (C=O) groups is 1. The van der Waals surface area contributed by atoms with Crippen molar-refractivity contribution in [2.75, 3.05) is 18.7 Å². The number of benzene rings is 1. The Labute approximate surface area is 137 Å². The van der Waals surface area contributed by atoms with E-state index in [1.54, 1.807) is 12.1 Å². The Hall–Kier alpha value is -2.51. The smallest absolute Gasteiger partial charge is 0.276 e. The minimum Gasteiger partial charge on any atom is -0.468 e. The molecule has 1 N–H and O–H groups in total. The SMILES string of the molecule is CCOCOc1ccc2nc(NC(=O)c3cc[c]cn3)sc2c1. The second-order valence-corrected chi connectivity index (χ2v) is 5.53. The van der Waals surface area contributed by atoms with Gasteiger partial charge in [0.15, 0.2) is 11.9 Å². The van der Waals surface area contributed by atoms with Gasteiger partial charge in [0.1, 0.15) is 11.4 Å². The first-order valence-corrected chi connectivity index (χ1v) is 7.82. The second-order valence-electron chi connectivity index (χ2n) is 4.50. The average molecular weight is 328 g/mol. The summed E-state index contributed by atoms with van der Waals surface area (Å²) in [5.74, 6) is 0.401. The molecule has 3 aromatic rings. The molecular weight excluding hydrogens is 314 g/mol. The number of aromatic nitrogens is 2. The highest BCUT2D eigenvalue weighted by atomic mass is 32.1. The van der Waals surface area contributed by atoms with E-state index in [9.17, 15) is 4.79 Å². The van der Waals surface area contributed by atoms with Gasteiger partial charge in [0, 0.05) is 18.9 Å². The molecule has 1 radical (unpaired) electrons. The van der Waals surface area contributed by atoms with E-state index >= 15 is 0 Å². The van der Waals surface area contributed by atoms with Crippen LogP contribution in [0.25, 0.3) is 10.2 Å². The van der Waals surface area contributed by atoms with Crippen LogP contribution in [0.3, 0.4) is 0 Å². The van der Waals surface area contributed by atoms with Crippen LogP contribution in [0.1, 0.15) is 17.4 Å². The summed E-state index contributed by atoms with van der Waals surface area (Å²) in [5, 5.41) is 3.26. The lowest BCUT2D eigenvalue weighted by Crippen LogP contribution is -2.12. The van der Waals surface area contributed by atoms with E-state index in [0.29, 0.717) is 23.2 Å². The molecule has 2 aromatic heterocycles. The van der Waals surface area contributed by atoms with Gasteiger partial charge < -0.3 is 9.47 Å². The molecule has 0 atom stereocenters. The fraction of sp³-hybridized carbons (Fsp3) is 0.188. The Bertz CT molecular complexity index is 805. The van der Waals surface area contributed by atoms with Gasteiger partial charge in [-0.3, -0.25) is 15.1 Å². The molecule has 0 aliphatic rings. The molecule has 23 heavy (non-hydrogen) atoms. The Balaban J connectivity index is 1.73. The van der Waals surface area contributed by atoms with Gasteiger partial charge in [0.2, 0.25) is 0 Å². The van der Waals surface area contributed by atoms with Crippen molar-refractivity contribution in [1.82, 2.24) is 9.97 Å². The topological polar surface area (TPSA) is 73.3 Å². The molecule has 0 aliphatic carbocycles. The van der Waals surface area contributed by atoms with Gasteiger partial charge in [-0.05, 0) is 31.2 Å².